The first-order chi connectivity index (χ1) is 6.82. The molecule has 0 saturated heterocycles. The van der Waals surface area contributed by atoms with Crippen LogP contribution < -0.4 is 0 Å². The Balaban J connectivity index is 3.09. The van der Waals surface area contributed by atoms with Crippen LogP contribution in [0.3, 0.4) is 0 Å². The monoisotopic (exact) mass is 233 g/mol. The molecule has 1 rings (SSSR count). The molecule has 0 N–H and O–H groups in total. The standard InChI is InChI=1S/C10H10F3NS/c1-14(2)9(15)7-4-3-5-8(6-7)10(11,12)13/h3-6H,1-2H3. The maximum atomic E-state index is 12.4. The van der Waals surface area contributed by atoms with Crippen LogP contribution in [0.2, 0.25) is 0 Å². The van der Waals surface area contributed by atoms with E-state index in [0.717, 1.165) is 12.1 Å². The van der Waals surface area contributed by atoms with Crippen LogP contribution in [0.25, 0.3) is 0 Å². The molecule has 1 nitrogen and oxygen atoms in total. The molecule has 1 aromatic carbocycles. The van der Waals surface area contributed by atoms with E-state index in [0.29, 0.717) is 10.6 Å². The Hall–Kier alpha value is -1.10. The number of thiocarbonyl (C=S) groups is 1. The first-order valence-electron chi connectivity index (χ1n) is 4.21. The summed E-state index contributed by atoms with van der Waals surface area (Å²) in [5.41, 5.74) is -0.269. The molecule has 0 fully saturated rings. The lowest BCUT2D eigenvalue weighted by Gasteiger charge is -2.15. The van der Waals surface area contributed by atoms with E-state index in [1.165, 1.54) is 6.07 Å². The number of benzene rings is 1. The van der Waals surface area contributed by atoms with E-state index in [-0.39, 0.29) is 0 Å². The molecule has 0 saturated carbocycles. The van der Waals surface area contributed by atoms with Crippen LogP contribution in [0.1, 0.15) is 11.1 Å². The second-order valence-electron chi connectivity index (χ2n) is 3.28. The van der Waals surface area contributed by atoms with Gasteiger partial charge in [0, 0.05) is 19.7 Å². The van der Waals surface area contributed by atoms with E-state index < -0.39 is 11.7 Å². The summed E-state index contributed by atoms with van der Waals surface area (Å²) in [6.07, 6.45) is -4.32. The highest BCUT2D eigenvalue weighted by molar-refractivity contribution is 7.80. The molecule has 0 spiro atoms. The highest BCUT2D eigenvalue weighted by atomic mass is 32.1. The van der Waals surface area contributed by atoms with Crippen molar-refractivity contribution in [1.29, 1.82) is 0 Å². The normalized spacial score (nSPS) is 11.3. The lowest BCUT2D eigenvalue weighted by Crippen LogP contribution is -2.21. The van der Waals surface area contributed by atoms with E-state index in [4.69, 9.17) is 12.2 Å². The van der Waals surface area contributed by atoms with Crippen molar-refractivity contribution in [3.63, 3.8) is 0 Å². The molecule has 0 aliphatic rings. The maximum Gasteiger partial charge on any atom is 0.416 e. The molecule has 0 aliphatic heterocycles. The molecule has 5 heteroatoms. The fourth-order valence-corrected chi connectivity index (χ4v) is 1.21. The first-order valence-corrected chi connectivity index (χ1v) is 4.62. The van der Waals surface area contributed by atoms with Crippen LogP contribution in [0.4, 0.5) is 13.2 Å². The van der Waals surface area contributed by atoms with Crippen LogP contribution in [0.5, 0.6) is 0 Å². The summed E-state index contributed by atoms with van der Waals surface area (Å²) in [5.74, 6) is 0. The van der Waals surface area contributed by atoms with Gasteiger partial charge in [-0.25, -0.2) is 0 Å². The van der Waals surface area contributed by atoms with E-state index in [1.807, 2.05) is 0 Å². The second-order valence-corrected chi connectivity index (χ2v) is 3.66. The summed E-state index contributed by atoms with van der Waals surface area (Å²) >= 11 is 4.99. The second kappa shape index (κ2) is 4.18. The number of hydrogen-bond donors (Lipinski definition) is 0. The summed E-state index contributed by atoms with van der Waals surface area (Å²) in [4.78, 5) is 1.99. The van der Waals surface area contributed by atoms with Crippen LogP contribution in [0, 0.1) is 0 Å². The molecule has 0 unspecified atom stereocenters. The van der Waals surface area contributed by atoms with Crippen LogP contribution in [-0.2, 0) is 6.18 Å². The number of nitrogens with zero attached hydrogens (tertiary/aromatic N) is 1. The molecule has 0 aromatic heterocycles. The zero-order valence-electron chi connectivity index (χ0n) is 8.30. The minimum absolute atomic E-state index is 0.390. The fraction of sp³-hybridized carbons (Fsp3) is 0.300. The van der Waals surface area contributed by atoms with Crippen molar-refractivity contribution in [3.05, 3.63) is 35.4 Å². The average molecular weight is 233 g/mol. The van der Waals surface area contributed by atoms with E-state index >= 15 is 0 Å². The minimum Gasteiger partial charge on any atom is -0.368 e. The highest BCUT2D eigenvalue weighted by Crippen LogP contribution is 2.29. The van der Waals surface area contributed by atoms with Gasteiger partial charge in [0.2, 0.25) is 0 Å². The van der Waals surface area contributed by atoms with Crippen LogP contribution in [0.15, 0.2) is 24.3 Å². The lowest BCUT2D eigenvalue weighted by molar-refractivity contribution is -0.137. The third-order valence-corrected chi connectivity index (χ3v) is 2.44. The Bertz CT molecular complexity index is 371. The predicted molar refractivity (Wildman–Crippen MR) is 56.8 cm³/mol. The van der Waals surface area contributed by atoms with Gasteiger partial charge in [0.25, 0.3) is 0 Å². The molecular formula is C10H10F3NS. The van der Waals surface area contributed by atoms with Crippen molar-refractivity contribution < 1.29 is 13.2 Å². The fourth-order valence-electron chi connectivity index (χ4n) is 1.09. The highest BCUT2D eigenvalue weighted by Gasteiger charge is 2.30. The van der Waals surface area contributed by atoms with Gasteiger partial charge in [-0.1, -0.05) is 24.4 Å². The van der Waals surface area contributed by atoms with Crippen LogP contribution in [-0.4, -0.2) is 24.0 Å². The van der Waals surface area contributed by atoms with Crippen molar-refractivity contribution in [2.24, 2.45) is 0 Å². The molecule has 15 heavy (non-hydrogen) atoms. The SMILES string of the molecule is CN(C)C(=S)c1cccc(C(F)(F)F)c1. The summed E-state index contributed by atoms with van der Waals surface area (Å²) in [7, 11) is 3.39. The van der Waals surface area contributed by atoms with Gasteiger partial charge in [-0.15, -0.1) is 0 Å². The van der Waals surface area contributed by atoms with Gasteiger partial charge in [-0.2, -0.15) is 13.2 Å². The summed E-state index contributed by atoms with van der Waals surface area (Å²) in [6, 6.07) is 5.01. The van der Waals surface area contributed by atoms with Gasteiger partial charge in [0.1, 0.15) is 4.99 Å². The van der Waals surface area contributed by atoms with E-state index in [1.54, 1.807) is 25.1 Å². The maximum absolute atomic E-state index is 12.4. The van der Waals surface area contributed by atoms with E-state index in [2.05, 4.69) is 0 Å². The topological polar surface area (TPSA) is 3.24 Å². The van der Waals surface area contributed by atoms with Crippen molar-refractivity contribution in [1.82, 2.24) is 4.90 Å². The van der Waals surface area contributed by atoms with Gasteiger partial charge in [-0.3, -0.25) is 0 Å². The Morgan fingerprint density at radius 3 is 2.33 bits per heavy atom. The largest absolute Gasteiger partial charge is 0.416 e. The smallest absolute Gasteiger partial charge is 0.368 e. The Morgan fingerprint density at radius 2 is 1.87 bits per heavy atom. The first kappa shape index (κ1) is 12.0. The van der Waals surface area contributed by atoms with E-state index in [9.17, 15) is 13.2 Å². The molecule has 0 radical (unpaired) electrons. The molecule has 0 bridgehead atoms. The lowest BCUT2D eigenvalue weighted by atomic mass is 10.1. The molecule has 0 amide bonds. The average Bonchev–Trinajstić information content (AvgIpc) is 2.15. The number of alkyl halides is 3. The Labute approximate surface area is 91.5 Å². The predicted octanol–water partition coefficient (Wildman–Crippen LogP) is 2.94. The van der Waals surface area contributed by atoms with Gasteiger partial charge in [-0.05, 0) is 12.1 Å². The Morgan fingerprint density at radius 1 is 1.27 bits per heavy atom. The summed E-state index contributed by atoms with van der Waals surface area (Å²) < 4.78 is 37.1. The summed E-state index contributed by atoms with van der Waals surface area (Å²) in [5, 5.41) is 0. The molecule has 0 heterocycles. The summed E-state index contributed by atoms with van der Waals surface area (Å²) in [6.45, 7) is 0. The van der Waals surface area contributed by atoms with Crippen LogP contribution >= 0.6 is 12.2 Å². The molecule has 0 aliphatic carbocycles. The van der Waals surface area contributed by atoms with Gasteiger partial charge >= 0.3 is 6.18 Å². The van der Waals surface area contributed by atoms with Crippen molar-refractivity contribution in [2.75, 3.05) is 14.1 Å². The quantitative estimate of drug-likeness (QED) is 0.686. The van der Waals surface area contributed by atoms with Crippen molar-refractivity contribution >= 4 is 17.2 Å². The van der Waals surface area contributed by atoms with Gasteiger partial charge in [0.05, 0.1) is 5.56 Å². The third kappa shape index (κ3) is 2.92. The zero-order chi connectivity index (χ0) is 11.6. The third-order valence-electron chi connectivity index (χ3n) is 1.84. The molecular weight excluding hydrogens is 223 g/mol. The zero-order valence-corrected chi connectivity index (χ0v) is 9.12. The molecule has 82 valence electrons. The van der Waals surface area contributed by atoms with Crippen molar-refractivity contribution in [2.45, 2.75) is 6.18 Å². The molecule has 1 aromatic rings. The number of rotatable bonds is 1. The Kier molecular flexibility index (Phi) is 3.34. The van der Waals surface area contributed by atoms with Gasteiger partial charge in [0.15, 0.2) is 0 Å². The van der Waals surface area contributed by atoms with Gasteiger partial charge < -0.3 is 4.90 Å². The minimum atomic E-state index is -4.32. The van der Waals surface area contributed by atoms with Crippen molar-refractivity contribution in [3.8, 4) is 0 Å². The number of halogens is 3. The molecule has 0 atom stereocenters. The number of hydrogen-bond acceptors (Lipinski definition) is 1.